The summed E-state index contributed by atoms with van der Waals surface area (Å²) in [6, 6.07) is 7.41. The molecule has 1 rings (SSSR count). The van der Waals surface area contributed by atoms with Crippen molar-refractivity contribution in [3.05, 3.63) is 23.2 Å². The minimum Gasteiger partial charge on any atom is -0.487 e. The van der Waals surface area contributed by atoms with Crippen LogP contribution in [0.4, 0.5) is 5.69 Å². The van der Waals surface area contributed by atoms with Gasteiger partial charge < -0.3 is 20.1 Å². The van der Waals surface area contributed by atoms with Crippen LogP contribution in [0.2, 0.25) is 5.02 Å². The van der Waals surface area contributed by atoms with Crippen LogP contribution in [0.5, 0.6) is 5.75 Å². The number of hydrogen-bond acceptors (Lipinski definition) is 5. The second kappa shape index (κ2) is 10.1. The molecule has 0 saturated carbocycles. The molecule has 0 aliphatic rings. The highest BCUT2D eigenvalue weighted by Gasteiger charge is 2.29. The van der Waals surface area contributed by atoms with Crippen molar-refractivity contribution in [1.29, 1.82) is 5.26 Å². The van der Waals surface area contributed by atoms with Gasteiger partial charge in [0.15, 0.2) is 5.75 Å². The van der Waals surface area contributed by atoms with Crippen LogP contribution in [-0.4, -0.2) is 37.8 Å². The van der Waals surface area contributed by atoms with E-state index in [-0.39, 0.29) is 18.4 Å². The standard InChI is InChI=1S/C18H26ClN3O3/c1-5-24-9-10-25-17-14(19)7-6-8-15(17)21-11-16(23)22-18(4,12-20)13(2)3/h6-8,13,21H,5,9-11H2,1-4H3,(H,22,23). The normalized spacial score (nSPS) is 13.0. The van der Waals surface area contributed by atoms with Gasteiger partial charge >= 0.3 is 0 Å². The Hall–Kier alpha value is -1.97. The van der Waals surface area contributed by atoms with Crippen LogP contribution in [0.25, 0.3) is 0 Å². The summed E-state index contributed by atoms with van der Waals surface area (Å²) in [7, 11) is 0. The lowest BCUT2D eigenvalue weighted by Crippen LogP contribution is -2.50. The average molecular weight is 368 g/mol. The minimum atomic E-state index is -0.913. The molecule has 7 heteroatoms. The summed E-state index contributed by atoms with van der Waals surface area (Å²) < 4.78 is 10.9. The Morgan fingerprint density at radius 2 is 2.12 bits per heavy atom. The Kier molecular flexibility index (Phi) is 8.53. The van der Waals surface area contributed by atoms with Gasteiger partial charge in [0.1, 0.15) is 12.1 Å². The quantitative estimate of drug-likeness (QED) is 0.620. The summed E-state index contributed by atoms with van der Waals surface area (Å²) >= 11 is 6.18. The lowest BCUT2D eigenvalue weighted by Gasteiger charge is -2.27. The van der Waals surface area contributed by atoms with E-state index < -0.39 is 5.54 Å². The van der Waals surface area contributed by atoms with E-state index in [0.29, 0.717) is 36.3 Å². The SMILES string of the molecule is CCOCCOc1c(Cl)cccc1NCC(=O)NC(C)(C#N)C(C)C. The molecule has 1 atom stereocenters. The van der Waals surface area contributed by atoms with E-state index in [1.807, 2.05) is 20.8 Å². The first-order chi connectivity index (χ1) is 11.8. The number of carbonyl (C=O) groups is 1. The van der Waals surface area contributed by atoms with Gasteiger partial charge in [-0.15, -0.1) is 0 Å². The van der Waals surface area contributed by atoms with E-state index in [2.05, 4.69) is 16.7 Å². The summed E-state index contributed by atoms with van der Waals surface area (Å²) in [5, 5.41) is 15.5. The molecule has 0 bridgehead atoms. The van der Waals surface area contributed by atoms with Crippen LogP contribution in [0.1, 0.15) is 27.7 Å². The van der Waals surface area contributed by atoms with Crippen molar-refractivity contribution in [2.75, 3.05) is 31.7 Å². The van der Waals surface area contributed by atoms with Crippen molar-refractivity contribution in [3.63, 3.8) is 0 Å². The monoisotopic (exact) mass is 367 g/mol. The number of carbonyl (C=O) groups excluding carboxylic acids is 1. The molecule has 1 aromatic rings. The number of amides is 1. The maximum absolute atomic E-state index is 12.2. The number of nitrogens with zero attached hydrogens (tertiary/aromatic N) is 1. The fourth-order valence-electron chi connectivity index (χ4n) is 1.95. The van der Waals surface area contributed by atoms with Gasteiger partial charge in [-0.05, 0) is 31.9 Å². The molecule has 0 aliphatic heterocycles. The lowest BCUT2D eigenvalue weighted by molar-refractivity contribution is -0.121. The van der Waals surface area contributed by atoms with Crippen LogP contribution in [-0.2, 0) is 9.53 Å². The third-order valence-electron chi connectivity index (χ3n) is 3.87. The van der Waals surface area contributed by atoms with Gasteiger partial charge in [0, 0.05) is 6.61 Å². The van der Waals surface area contributed by atoms with E-state index >= 15 is 0 Å². The zero-order valence-corrected chi connectivity index (χ0v) is 15.9. The lowest BCUT2D eigenvalue weighted by atomic mass is 9.90. The number of para-hydroxylation sites is 1. The van der Waals surface area contributed by atoms with Crippen LogP contribution in [0, 0.1) is 17.2 Å². The number of rotatable bonds is 10. The molecule has 6 nitrogen and oxygen atoms in total. The van der Waals surface area contributed by atoms with Gasteiger partial charge in [-0.2, -0.15) is 5.26 Å². The summed E-state index contributed by atoms with van der Waals surface area (Å²) in [4.78, 5) is 12.2. The molecule has 0 aromatic heterocycles. The van der Waals surface area contributed by atoms with Crippen molar-refractivity contribution in [3.8, 4) is 11.8 Å². The smallest absolute Gasteiger partial charge is 0.240 e. The minimum absolute atomic E-state index is 0.00610. The van der Waals surface area contributed by atoms with Crippen LogP contribution >= 0.6 is 11.6 Å². The molecule has 0 heterocycles. The van der Waals surface area contributed by atoms with Gasteiger partial charge in [0.25, 0.3) is 0 Å². The van der Waals surface area contributed by atoms with Gasteiger partial charge in [0.05, 0.1) is 29.9 Å². The molecule has 2 N–H and O–H groups in total. The van der Waals surface area contributed by atoms with Gasteiger partial charge in [-0.1, -0.05) is 31.5 Å². The van der Waals surface area contributed by atoms with Crippen LogP contribution in [0.15, 0.2) is 18.2 Å². The Morgan fingerprint density at radius 3 is 2.72 bits per heavy atom. The molecule has 0 spiro atoms. The fraction of sp³-hybridized carbons (Fsp3) is 0.556. The molecule has 1 unspecified atom stereocenters. The third kappa shape index (κ3) is 6.45. The largest absolute Gasteiger partial charge is 0.487 e. The van der Waals surface area contributed by atoms with Crippen molar-refractivity contribution < 1.29 is 14.3 Å². The average Bonchev–Trinajstić information content (AvgIpc) is 2.58. The predicted molar refractivity (Wildman–Crippen MR) is 98.9 cm³/mol. The highest BCUT2D eigenvalue weighted by Crippen LogP contribution is 2.32. The van der Waals surface area contributed by atoms with Crippen molar-refractivity contribution in [1.82, 2.24) is 5.32 Å². The molecule has 1 aromatic carbocycles. The molecule has 0 saturated heterocycles. The summed E-state index contributed by atoms with van der Waals surface area (Å²) in [5.74, 6) is 0.187. The maximum atomic E-state index is 12.2. The number of halogens is 1. The predicted octanol–water partition coefficient (Wildman–Crippen LogP) is 3.22. The van der Waals surface area contributed by atoms with Crippen molar-refractivity contribution in [2.45, 2.75) is 33.2 Å². The highest BCUT2D eigenvalue weighted by atomic mass is 35.5. The number of benzene rings is 1. The van der Waals surface area contributed by atoms with E-state index in [4.69, 9.17) is 21.1 Å². The topological polar surface area (TPSA) is 83.4 Å². The number of ether oxygens (including phenoxy) is 2. The number of nitriles is 1. The molecular formula is C18H26ClN3O3. The summed E-state index contributed by atoms with van der Waals surface area (Å²) in [6.45, 7) is 8.83. The Morgan fingerprint density at radius 1 is 1.40 bits per heavy atom. The van der Waals surface area contributed by atoms with E-state index in [1.165, 1.54) is 0 Å². The second-order valence-electron chi connectivity index (χ2n) is 6.03. The highest BCUT2D eigenvalue weighted by molar-refractivity contribution is 6.32. The molecule has 0 radical (unpaired) electrons. The van der Waals surface area contributed by atoms with Crippen LogP contribution in [0.3, 0.4) is 0 Å². The Labute approximate surface area is 154 Å². The molecule has 138 valence electrons. The van der Waals surface area contributed by atoms with Crippen molar-refractivity contribution >= 4 is 23.2 Å². The van der Waals surface area contributed by atoms with Crippen molar-refractivity contribution in [2.24, 2.45) is 5.92 Å². The first kappa shape index (κ1) is 21.1. The van der Waals surface area contributed by atoms with Crippen LogP contribution < -0.4 is 15.4 Å². The van der Waals surface area contributed by atoms with E-state index in [9.17, 15) is 10.1 Å². The Balaban J connectivity index is 2.69. The first-order valence-electron chi connectivity index (χ1n) is 8.29. The Bertz CT molecular complexity index is 616. The molecule has 25 heavy (non-hydrogen) atoms. The second-order valence-corrected chi connectivity index (χ2v) is 6.44. The molecular weight excluding hydrogens is 342 g/mol. The fourth-order valence-corrected chi connectivity index (χ4v) is 2.18. The maximum Gasteiger partial charge on any atom is 0.240 e. The molecule has 0 fully saturated rings. The molecule has 0 aliphatic carbocycles. The third-order valence-corrected chi connectivity index (χ3v) is 4.17. The van der Waals surface area contributed by atoms with Gasteiger partial charge in [-0.25, -0.2) is 0 Å². The zero-order valence-electron chi connectivity index (χ0n) is 15.2. The van der Waals surface area contributed by atoms with Gasteiger partial charge in [-0.3, -0.25) is 4.79 Å². The zero-order chi connectivity index (χ0) is 18.9. The number of anilines is 1. The summed E-state index contributed by atoms with van der Waals surface area (Å²) in [5.41, 5.74) is -0.299. The van der Waals surface area contributed by atoms with E-state index in [1.54, 1.807) is 25.1 Å². The van der Waals surface area contributed by atoms with Gasteiger partial charge in [0.2, 0.25) is 5.91 Å². The van der Waals surface area contributed by atoms with E-state index in [0.717, 1.165) is 0 Å². The molecule has 1 amide bonds. The summed E-state index contributed by atoms with van der Waals surface area (Å²) in [6.07, 6.45) is 0. The first-order valence-corrected chi connectivity index (χ1v) is 8.67. The number of hydrogen-bond donors (Lipinski definition) is 2. The number of nitrogens with one attached hydrogen (secondary N) is 2.